The van der Waals surface area contributed by atoms with Crippen LogP contribution in [0.1, 0.15) is 11.9 Å². The molecule has 0 spiro atoms. The molecule has 10 nitrogen and oxygen atoms in total. The summed E-state index contributed by atoms with van der Waals surface area (Å²) < 4.78 is 7.00. The van der Waals surface area contributed by atoms with E-state index in [4.69, 9.17) is 4.52 Å². The second kappa shape index (κ2) is 6.65. The Hall–Kier alpha value is -3.11. The number of hydrogen-bond donors (Lipinski definition) is 1. The minimum absolute atomic E-state index is 0.0351. The zero-order valence-electron chi connectivity index (χ0n) is 14.1. The maximum absolute atomic E-state index is 10.7. The summed E-state index contributed by atoms with van der Waals surface area (Å²) in [6.07, 6.45) is 3.38. The molecule has 0 aliphatic carbocycles. The predicted octanol–water partition coefficient (Wildman–Crippen LogP) is 1.41. The second-order valence-corrected chi connectivity index (χ2v) is 6.11. The van der Waals surface area contributed by atoms with Crippen molar-refractivity contribution in [3.63, 3.8) is 0 Å². The number of nitro benzene ring substituents is 1. The fourth-order valence-corrected chi connectivity index (χ4v) is 2.88. The van der Waals surface area contributed by atoms with Gasteiger partial charge in [0.1, 0.15) is 0 Å². The number of rotatable bonds is 4. The molecule has 0 radical (unpaired) electrons. The molecule has 10 heteroatoms. The van der Waals surface area contributed by atoms with Crippen LogP contribution in [-0.4, -0.2) is 56.4 Å². The SMILES string of the molecule is CN1CCNCC1c1noc(-c2cnn(-c3ccc([N+](=O)[O-])cc3)c2)n1. The lowest BCUT2D eigenvalue weighted by Crippen LogP contribution is -2.44. The van der Waals surface area contributed by atoms with Crippen LogP contribution < -0.4 is 5.32 Å². The minimum atomic E-state index is -0.435. The van der Waals surface area contributed by atoms with Crippen molar-refractivity contribution in [2.45, 2.75) is 6.04 Å². The van der Waals surface area contributed by atoms with Crippen molar-refractivity contribution < 1.29 is 9.45 Å². The average Bonchev–Trinajstić information content (AvgIpc) is 3.32. The first-order chi connectivity index (χ1) is 12.6. The van der Waals surface area contributed by atoms with Crippen LogP contribution in [0.5, 0.6) is 0 Å². The van der Waals surface area contributed by atoms with Gasteiger partial charge in [0.15, 0.2) is 5.82 Å². The van der Waals surface area contributed by atoms with Crippen LogP contribution in [0.2, 0.25) is 0 Å². The largest absolute Gasteiger partial charge is 0.334 e. The highest BCUT2D eigenvalue weighted by atomic mass is 16.6. The number of aromatic nitrogens is 4. The molecule has 0 amide bonds. The van der Waals surface area contributed by atoms with Crippen LogP contribution in [0.4, 0.5) is 5.69 Å². The molecule has 3 heterocycles. The number of nitrogens with zero attached hydrogens (tertiary/aromatic N) is 6. The first-order valence-corrected chi connectivity index (χ1v) is 8.16. The Balaban J connectivity index is 1.55. The van der Waals surface area contributed by atoms with E-state index >= 15 is 0 Å². The molecule has 134 valence electrons. The van der Waals surface area contributed by atoms with Crippen LogP contribution in [0.25, 0.3) is 17.1 Å². The Labute approximate surface area is 148 Å². The van der Waals surface area contributed by atoms with Gasteiger partial charge in [-0.05, 0) is 19.2 Å². The molecule has 2 aromatic heterocycles. The first kappa shape index (κ1) is 16.4. The molecule has 1 aromatic carbocycles. The van der Waals surface area contributed by atoms with E-state index in [0.29, 0.717) is 23.0 Å². The molecule has 0 bridgehead atoms. The monoisotopic (exact) mass is 355 g/mol. The number of non-ortho nitro benzene ring substituents is 1. The highest BCUT2D eigenvalue weighted by Crippen LogP contribution is 2.23. The Kier molecular flexibility index (Phi) is 4.19. The minimum Gasteiger partial charge on any atom is -0.334 e. The number of piperazine rings is 1. The van der Waals surface area contributed by atoms with Crippen molar-refractivity contribution in [1.82, 2.24) is 30.1 Å². The normalized spacial score (nSPS) is 18.1. The summed E-state index contributed by atoms with van der Waals surface area (Å²) in [7, 11) is 2.04. The molecule has 1 N–H and O–H groups in total. The summed E-state index contributed by atoms with van der Waals surface area (Å²) in [6.45, 7) is 2.64. The van der Waals surface area contributed by atoms with Gasteiger partial charge in [-0.3, -0.25) is 15.0 Å². The maximum atomic E-state index is 10.7. The van der Waals surface area contributed by atoms with Gasteiger partial charge < -0.3 is 9.84 Å². The third-order valence-electron chi connectivity index (χ3n) is 4.41. The van der Waals surface area contributed by atoms with Gasteiger partial charge in [0.25, 0.3) is 11.6 Å². The molecule has 26 heavy (non-hydrogen) atoms. The summed E-state index contributed by atoms with van der Waals surface area (Å²) in [5.74, 6) is 1.03. The number of nitro groups is 1. The van der Waals surface area contributed by atoms with Gasteiger partial charge in [-0.1, -0.05) is 5.16 Å². The number of benzene rings is 1. The summed E-state index contributed by atoms with van der Waals surface area (Å²) in [5, 5.41) is 22.4. The van der Waals surface area contributed by atoms with Crippen LogP contribution in [0, 0.1) is 10.1 Å². The topological polar surface area (TPSA) is 115 Å². The van der Waals surface area contributed by atoms with Crippen molar-refractivity contribution in [2.24, 2.45) is 0 Å². The summed E-state index contributed by atoms with van der Waals surface area (Å²) in [4.78, 5) is 17.0. The van der Waals surface area contributed by atoms with Gasteiger partial charge in [0.05, 0.1) is 28.4 Å². The molecule has 1 atom stereocenters. The lowest BCUT2D eigenvalue weighted by Gasteiger charge is -2.30. The Bertz CT molecular complexity index is 918. The van der Waals surface area contributed by atoms with E-state index in [1.165, 1.54) is 12.1 Å². The highest BCUT2D eigenvalue weighted by molar-refractivity contribution is 5.51. The average molecular weight is 355 g/mol. The smallest absolute Gasteiger partial charge is 0.269 e. The molecule has 1 unspecified atom stereocenters. The first-order valence-electron chi connectivity index (χ1n) is 8.16. The summed E-state index contributed by atoms with van der Waals surface area (Å²) in [5.41, 5.74) is 1.43. The Morgan fingerprint density at radius 2 is 2.15 bits per heavy atom. The fraction of sp³-hybridized carbons (Fsp3) is 0.312. The molecule has 4 rings (SSSR count). The van der Waals surface area contributed by atoms with Crippen molar-refractivity contribution in [3.05, 3.63) is 52.6 Å². The maximum Gasteiger partial charge on any atom is 0.269 e. The van der Waals surface area contributed by atoms with Gasteiger partial charge in [-0.25, -0.2) is 4.68 Å². The van der Waals surface area contributed by atoms with Crippen LogP contribution >= 0.6 is 0 Å². The van der Waals surface area contributed by atoms with Gasteiger partial charge in [-0.2, -0.15) is 10.1 Å². The third-order valence-corrected chi connectivity index (χ3v) is 4.41. The van der Waals surface area contributed by atoms with Gasteiger partial charge >= 0.3 is 0 Å². The van der Waals surface area contributed by atoms with E-state index in [0.717, 1.165) is 19.6 Å². The van der Waals surface area contributed by atoms with E-state index in [9.17, 15) is 10.1 Å². The van der Waals surface area contributed by atoms with Gasteiger partial charge in [0, 0.05) is 38.0 Å². The van der Waals surface area contributed by atoms with Crippen LogP contribution in [-0.2, 0) is 0 Å². The van der Waals surface area contributed by atoms with E-state index < -0.39 is 4.92 Å². The van der Waals surface area contributed by atoms with E-state index in [1.807, 2.05) is 7.05 Å². The molecule has 3 aromatic rings. The molecular weight excluding hydrogens is 338 g/mol. The standard InChI is InChI=1S/C16H17N7O3/c1-21-7-6-17-9-14(21)15-19-16(26-20-15)11-8-18-22(10-11)12-2-4-13(5-3-12)23(24)25/h2-5,8,10,14,17H,6-7,9H2,1H3. The van der Waals surface area contributed by atoms with Crippen LogP contribution in [0.15, 0.2) is 41.2 Å². The zero-order valence-corrected chi connectivity index (χ0v) is 14.1. The van der Waals surface area contributed by atoms with Crippen LogP contribution in [0.3, 0.4) is 0 Å². The second-order valence-electron chi connectivity index (χ2n) is 6.11. The number of likely N-dealkylation sites (N-methyl/N-ethyl adjacent to an activating group) is 1. The number of hydrogen-bond acceptors (Lipinski definition) is 8. The van der Waals surface area contributed by atoms with E-state index in [-0.39, 0.29) is 11.7 Å². The van der Waals surface area contributed by atoms with Gasteiger partial charge in [-0.15, -0.1) is 0 Å². The fourth-order valence-electron chi connectivity index (χ4n) is 2.88. The highest BCUT2D eigenvalue weighted by Gasteiger charge is 2.25. The van der Waals surface area contributed by atoms with E-state index in [1.54, 1.807) is 29.2 Å². The quantitative estimate of drug-likeness (QED) is 0.552. The zero-order chi connectivity index (χ0) is 18.1. The predicted molar refractivity (Wildman–Crippen MR) is 91.8 cm³/mol. The molecule has 1 fully saturated rings. The molecule has 1 saturated heterocycles. The van der Waals surface area contributed by atoms with Gasteiger partial charge in [0.2, 0.25) is 0 Å². The van der Waals surface area contributed by atoms with Crippen molar-refractivity contribution in [2.75, 3.05) is 26.7 Å². The van der Waals surface area contributed by atoms with Crippen molar-refractivity contribution in [1.29, 1.82) is 0 Å². The Morgan fingerprint density at radius 3 is 2.88 bits per heavy atom. The molecular formula is C16H17N7O3. The molecule has 0 saturated carbocycles. The lowest BCUT2D eigenvalue weighted by molar-refractivity contribution is -0.384. The molecule has 1 aliphatic rings. The number of nitrogens with one attached hydrogen (secondary N) is 1. The summed E-state index contributed by atoms with van der Waals surface area (Å²) >= 11 is 0. The Morgan fingerprint density at radius 1 is 1.35 bits per heavy atom. The summed E-state index contributed by atoms with van der Waals surface area (Å²) in [6, 6.07) is 6.22. The molecule has 1 aliphatic heterocycles. The van der Waals surface area contributed by atoms with Crippen molar-refractivity contribution in [3.8, 4) is 17.1 Å². The van der Waals surface area contributed by atoms with E-state index in [2.05, 4.69) is 25.5 Å². The lowest BCUT2D eigenvalue weighted by atomic mass is 10.2. The third kappa shape index (κ3) is 3.07. The van der Waals surface area contributed by atoms with Crippen molar-refractivity contribution >= 4 is 5.69 Å².